The first kappa shape index (κ1) is 26.1. The number of amides is 1. The monoisotopic (exact) mass is 517 g/mol. The zero-order valence-corrected chi connectivity index (χ0v) is 21.7. The van der Waals surface area contributed by atoms with E-state index in [0.29, 0.717) is 75.0 Å². The van der Waals surface area contributed by atoms with Gasteiger partial charge in [-0.2, -0.15) is 0 Å². The zero-order chi connectivity index (χ0) is 26.0. The summed E-state index contributed by atoms with van der Waals surface area (Å²) in [6.45, 7) is 8.47. The first-order valence-electron chi connectivity index (χ1n) is 12.1. The molecule has 2 aliphatic rings. The maximum Gasteiger partial charge on any atom is 0.256 e. The Morgan fingerprint density at radius 1 is 0.889 bits per heavy atom. The van der Waals surface area contributed by atoms with Gasteiger partial charge in [-0.1, -0.05) is 0 Å². The smallest absolute Gasteiger partial charge is 0.256 e. The van der Waals surface area contributed by atoms with Gasteiger partial charge in [0.1, 0.15) is 5.82 Å². The van der Waals surface area contributed by atoms with Crippen LogP contribution < -0.4 is 9.80 Å². The second-order valence-electron chi connectivity index (χ2n) is 9.37. The van der Waals surface area contributed by atoms with Crippen LogP contribution in [0.5, 0.6) is 0 Å². The molecule has 2 aromatic rings. The van der Waals surface area contributed by atoms with Crippen molar-refractivity contribution in [2.45, 2.75) is 30.9 Å². The van der Waals surface area contributed by atoms with Crippen LogP contribution in [-0.4, -0.2) is 82.7 Å². The van der Waals surface area contributed by atoms with Gasteiger partial charge >= 0.3 is 0 Å². The maximum absolute atomic E-state index is 14.6. The Labute approximate surface area is 211 Å². The van der Waals surface area contributed by atoms with Gasteiger partial charge < -0.3 is 19.4 Å². The van der Waals surface area contributed by atoms with Crippen molar-refractivity contribution >= 4 is 32.9 Å². The fourth-order valence-electron chi connectivity index (χ4n) is 4.52. The topological polar surface area (TPSA) is 87.2 Å². The molecule has 36 heavy (non-hydrogen) atoms. The molecular weight excluding hydrogens is 485 g/mol. The number of anilines is 2. The molecule has 194 valence electrons. The number of ether oxygens (including phenoxy) is 1. The molecule has 0 aliphatic carbocycles. The number of benzene rings is 2. The Bertz CT molecular complexity index is 1250. The molecule has 0 spiro atoms. The van der Waals surface area contributed by atoms with Crippen LogP contribution in [-0.2, 0) is 14.6 Å². The van der Waals surface area contributed by atoms with Crippen molar-refractivity contribution < 1.29 is 27.1 Å². The van der Waals surface area contributed by atoms with Gasteiger partial charge in [-0.3, -0.25) is 9.59 Å². The largest absolute Gasteiger partial charge is 0.378 e. The lowest BCUT2D eigenvalue weighted by Gasteiger charge is -2.37. The number of carbonyl (C=O) groups excluding carboxylic acids is 2. The van der Waals surface area contributed by atoms with E-state index >= 15 is 0 Å². The molecule has 2 heterocycles. The molecule has 0 unspecified atom stereocenters. The molecular formula is C26H32FN3O5S. The average molecular weight is 518 g/mol. The summed E-state index contributed by atoms with van der Waals surface area (Å²) in [6.07, 6.45) is 0. The van der Waals surface area contributed by atoms with Crippen LogP contribution in [0.15, 0.2) is 41.3 Å². The van der Waals surface area contributed by atoms with Crippen molar-refractivity contribution in [3.63, 3.8) is 0 Å². The van der Waals surface area contributed by atoms with E-state index in [-0.39, 0.29) is 16.6 Å². The average Bonchev–Trinajstić information content (AvgIpc) is 2.88. The second-order valence-corrected chi connectivity index (χ2v) is 11.9. The highest BCUT2D eigenvalue weighted by Gasteiger charge is 2.29. The predicted octanol–water partition coefficient (Wildman–Crippen LogP) is 3.01. The molecule has 10 heteroatoms. The number of halogens is 1. The molecule has 0 saturated carbocycles. The lowest BCUT2D eigenvalue weighted by atomic mass is 10.1. The van der Waals surface area contributed by atoms with Crippen molar-refractivity contribution in [1.82, 2.24) is 4.90 Å². The lowest BCUT2D eigenvalue weighted by molar-refractivity contribution is 0.0745. The number of hydrogen-bond donors (Lipinski definition) is 0. The summed E-state index contributed by atoms with van der Waals surface area (Å²) in [5.41, 5.74) is 1.76. The van der Waals surface area contributed by atoms with E-state index in [1.807, 2.05) is 9.80 Å². The third kappa shape index (κ3) is 5.24. The summed E-state index contributed by atoms with van der Waals surface area (Å²) in [4.78, 5) is 30.9. The van der Waals surface area contributed by atoms with Crippen LogP contribution in [0.1, 0.15) is 41.5 Å². The van der Waals surface area contributed by atoms with Crippen LogP contribution >= 0.6 is 0 Å². The summed E-state index contributed by atoms with van der Waals surface area (Å²) in [5, 5.41) is -0.609. The molecule has 2 saturated heterocycles. The first-order valence-corrected chi connectivity index (χ1v) is 13.7. The van der Waals surface area contributed by atoms with E-state index in [2.05, 4.69) is 0 Å². The number of Topliss-reactive ketones (excluding diaryl/α,β-unsaturated/α-hetero) is 1. The van der Waals surface area contributed by atoms with Crippen molar-refractivity contribution in [3.05, 3.63) is 53.3 Å². The minimum absolute atomic E-state index is 0.129. The predicted molar refractivity (Wildman–Crippen MR) is 136 cm³/mol. The normalized spacial score (nSPS) is 17.0. The Kier molecular flexibility index (Phi) is 7.65. The first-order chi connectivity index (χ1) is 17.1. The maximum atomic E-state index is 14.6. The zero-order valence-electron chi connectivity index (χ0n) is 20.9. The highest BCUT2D eigenvalue weighted by Crippen LogP contribution is 2.29. The standard InChI is InChI=1S/C26H32FN3O5S/c1-18(2)36(33,34)21-5-7-24(29-12-14-35-15-13-29)22(17-21)26(32)30-10-8-28(9-11-30)25-6-4-20(19(3)31)16-23(25)27/h4-7,16-18H,8-15H2,1-3H3. The molecule has 4 rings (SSSR count). The van der Waals surface area contributed by atoms with Crippen LogP contribution in [0.3, 0.4) is 0 Å². The fraction of sp³-hybridized carbons (Fsp3) is 0.462. The van der Waals surface area contributed by atoms with Crippen LogP contribution in [0, 0.1) is 5.82 Å². The number of sulfone groups is 1. The second kappa shape index (κ2) is 10.6. The molecule has 0 bridgehead atoms. The van der Waals surface area contributed by atoms with Crippen LogP contribution in [0.4, 0.5) is 15.8 Å². The molecule has 0 radical (unpaired) electrons. The summed E-state index contributed by atoms with van der Waals surface area (Å²) in [5.74, 6) is -0.915. The highest BCUT2D eigenvalue weighted by molar-refractivity contribution is 7.92. The third-order valence-corrected chi connectivity index (χ3v) is 8.91. The Balaban J connectivity index is 1.57. The van der Waals surface area contributed by atoms with Gasteiger partial charge in [-0.15, -0.1) is 0 Å². The van der Waals surface area contributed by atoms with E-state index in [1.165, 1.54) is 19.1 Å². The van der Waals surface area contributed by atoms with Crippen molar-refractivity contribution in [3.8, 4) is 0 Å². The van der Waals surface area contributed by atoms with Gasteiger partial charge in [-0.25, -0.2) is 12.8 Å². The summed E-state index contributed by atoms with van der Waals surface area (Å²) in [6, 6.07) is 9.23. The lowest BCUT2D eigenvalue weighted by Crippen LogP contribution is -2.49. The van der Waals surface area contributed by atoms with Gasteiger partial charge in [0.15, 0.2) is 15.6 Å². The van der Waals surface area contributed by atoms with Crippen molar-refractivity contribution in [1.29, 1.82) is 0 Å². The van der Waals surface area contributed by atoms with E-state index in [4.69, 9.17) is 4.74 Å². The molecule has 2 aromatic carbocycles. The number of ketones is 1. The SMILES string of the molecule is CC(=O)c1ccc(N2CCN(C(=O)c3cc(S(=O)(=O)C(C)C)ccc3N3CCOCC3)CC2)c(F)c1. The molecule has 2 fully saturated rings. The van der Waals surface area contributed by atoms with Gasteiger partial charge in [0.25, 0.3) is 5.91 Å². The molecule has 1 amide bonds. The van der Waals surface area contributed by atoms with E-state index in [1.54, 1.807) is 43.0 Å². The molecule has 2 aliphatic heterocycles. The molecule has 8 nitrogen and oxygen atoms in total. The third-order valence-electron chi connectivity index (χ3n) is 6.76. The fourth-order valence-corrected chi connectivity index (χ4v) is 5.60. The number of carbonyl (C=O) groups is 2. The Morgan fingerprint density at radius 3 is 2.08 bits per heavy atom. The summed E-state index contributed by atoms with van der Waals surface area (Å²) >= 11 is 0. The Hall–Kier alpha value is -2.98. The Morgan fingerprint density at radius 2 is 1.50 bits per heavy atom. The van der Waals surface area contributed by atoms with Crippen LogP contribution in [0.2, 0.25) is 0 Å². The van der Waals surface area contributed by atoms with E-state index in [0.717, 1.165) is 0 Å². The van der Waals surface area contributed by atoms with Gasteiger partial charge in [-0.05, 0) is 57.2 Å². The van der Waals surface area contributed by atoms with Crippen LogP contribution in [0.25, 0.3) is 0 Å². The minimum atomic E-state index is -3.56. The van der Waals surface area contributed by atoms with Gasteiger partial charge in [0.05, 0.1) is 34.6 Å². The molecule has 0 atom stereocenters. The van der Waals surface area contributed by atoms with E-state index in [9.17, 15) is 22.4 Å². The number of nitrogens with zero attached hydrogens (tertiary/aromatic N) is 3. The van der Waals surface area contributed by atoms with Crippen molar-refractivity contribution in [2.24, 2.45) is 0 Å². The van der Waals surface area contributed by atoms with Crippen molar-refractivity contribution in [2.75, 3.05) is 62.3 Å². The molecule has 0 aromatic heterocycles. The quantitative estimate of drug-likeness (QED) is 0.545. The number of rotatable bonds is 6. The number of hydrogen-bond acceptors (Lipinski definition) is 7. The van der Waals surface area contributed by atoms with E-state index < -0.39 is 20.9 Å². The summed E-state index contributed by atoms with van der Waals surface area (Å²) in [7, 11) is -3.56. The van der Waals surface area contributed by atoms with Gasteiger partial charge in [0, 0.05) is 50.5 Å². The number of piperazine rings is 1. The molecule has 0 N–H and O–H groups in total. The minimum Gasteiger partial charge on any atom is -0.378 e. The van der Waals surface area contributed by atoms with Gasteiger partial charge in [0.2, 0.25) is 0 Å². The number of morpholine rings is 1. The summed E-state index contributed by atoms with van der Waals surface area (Å²) < 4.78 is 45.8. The highest BCUT2D eigenvalue weighted by atomic mass is 32.2.